The third-order valence-electron chi connectivity index (χ3n) is 2.60. The number of amides is 1. The minimum Gasteiger partial charge on any atom is -0.461 e. The number of benzene rings is 1. The number of hydrogen-bond acceptors (Lipinski definition) is 4. The van der Waals surface area contributed by atoms with Crippen molar-refractivity contribution in [2.75, 3.05) is 6.61 Å². The van der Waals surface area contributed by atoms with E-state index in [0.717, 1.165) is 5.56 Å². The Hall–Kier alpha value is -2.82. The van der Waals surface area contributed by atoms with Crippen LogP contribution in [0.2, 0.25) is 0 Å². The first-order chi connectivity index (χ1) is 10.2. The van der Waals surface area contributed by atoms with Crippen LogP contribution in [0.4, 0.5) is 0 Å². The smallest absolute Gasteiger partial charge is 0.354 e. The molecular weight excluding hydrogens is 270 g/mol. The van der Waals surface area contributed by atoms with Crippen LogP contribution in [0.1, 0.15) is 23.0 Å². The summed E-state index contributed by atoms with van der Waals surface area (Å²) in [7, 11) is 0. The molecule has 0 saturated heterocycles. The Morgan fingerprint density at radius 3 is 2.57 bits per heavy atom. The van der Waals surface area contributed by atoms with Crippen molar-refractivity contribution in [3.05, 3.63) is 65.7 Å². The van der Waals surface area contributed by atoms with Crippen LogP contribution in [0.15, 0.2) is 58.8 Å². The predicted molar refractivity (Wildman–Crippen MR) is 77.2 cm³/mol. The molecule has 0 saturated carbocycles. The molecule has 1 heterocycles. The molecule has 1 N–H and O–H groups in total. The van der Waals surface area contributed by atoms with Crippen molar-refractivity contribution in [3.8, 4) is 0 Å². The number of rotatable bonds is 5. The summed E-state index contributed by atoms with van der Waals surface area (Å²) in [5.41, 5.74) is 0.838. The molecule has 0 unspecified atom stereocenters. The summed E-state index contributed by atoms with van der Waals surface area (Å²) in [4.78, 5) is 23.9. The van der Waals surface area contributed by atoms with Gasteiger partial charge in [0.05, 0.1) is 12.9 Å². The van der Waals surface area contributed by atoms with E-state index in [-0.39, 0.29) is 18.1 Å². The van der Waals surface area contributed by atoms with E-state index in [1.165, 1.54) is 12.3 Å². The van der Waals surface area contributed by atoms with Crippen molar-refractivity contribution in [2.24, 2.45) is 0 Å². The summed E-state index contributed by atoms with van der Waals surface area (Å²) in [5, 5.41) is 2.51. The van der Waals surface area contributed by atoms with Gasteiger partial charge in [0.1, 0.15) is 5.70 Å². The third-order valence-corrected chi connectivity index (χ3v) is 2.60. The van der Waals surface area contributed by atoms with Gasteiger partial charge in [-0.05, 0) is 30.7 Å². The van der Waals surface area contributed by atoms with Crippen LogP contribution in [-0.4, -0.2) is 18.5 Å². The zero-order chi connectivity index (χ0) is 15.1. The summed E-state index contributed by atoms with van der Waals surface area (Å²) in [6, 6.07) is 12.3. The maximum Gasteiger partial charge on any atom is 0.354 e. The van der Waals surface area contributed by atoms with E-state index in [4.69, 9.17) is 9.15 Å². The summed E-state index contributed by atoms with van der Waals surface area (Å²) in [6.45, 7) is 1.92. The highest BCUT2D eigenvalue weighted by atomic mass is 16.5. The fourth-order valence-electron chi connectivity index (χ4n) is 1.66. The van der Waals surface area contributed by atoms with Gasteiger partial charge in [0.2, 0.25) is 0 Å². The Kier molecular flexibility index (Phi) is 4.93. The maximum atomic E-state index is 12.0. The van der Waals surface area contributed by atoms with Crippen LogP contribution >= 0.6 is 0 Å². The lowest BCUT2D eigenvalue weighted by atomic mass is 10.2. The molecular formula is C16H15NO4. The first-order valence-electron chi connectivity index (χ1n) is 6.49. The molecule has 2 aromatic rings. The van der Waals surface area contributed by atoms with Gasteiger partial charge in [-0.25, -0.2) is 4.79 Å². The van der Waals surface area contributed by atoms with Crippen LogP contribution in [-0.2, 0) is 9.53 Å². The number of ether oxygens (including phenoxy) is 1. The zero-order valence-corrected chi connectivity index (χ0v) is 11.5. The van der Waals surface area contributed by atoms with E-state index >= 15 is 0 Å². The summed E-state index contributed by atoms with van der Waals surface area (Å²) in [6.07, 6.45) is 2.94. The number of hydrogen-bond donors (Lipinski definition) is 1. The monoisotopic (exact) mass is 285 g/mol. The fourth-order valence-corrected chi connectivity index (χ4v) is 1.66. The lowest BCUT2D eigenvalue weighted by Crippen LogP contribution is -2.28. The molecule has 1 aromatic carbocycles. The molecule has 1 amide bonds. The second-order valence-electron chi connectivity index (χ2n) is 4.12. The van der Waals surface area contributed by atoms with Gasteiger partial charge in [-0.15, -0.1) is 0 Å². The highest BCUT2D eigenvalue weighted by Gasteiger charge is 2.16. The standard InChI is InChI=1S/C16H15NO4/c1-2-20-16(19)13(11-12-7-4-3-5-8-12)17-15(18)14-9-6-10-21-14/h3-11H,2H2,1H3,(H,17,18). The van der Waals surface area contributed by atoms with Crippen LogP contribution < -0.4 is 5.32 Å². The van der Waals surface area contributed by atoms with Crippen molar-refractivity contribution in [1.29, 1.82) is 0 Å². The molecule has 0 atom stereocenters. The lowest BCUT2D eigenvalue weighted by Gasteiger charge is -2.08. The third kappa shape index (κ3) is 4.07. The highest BCUT2D eigenvalue weighted by Crippen LogP contribution is 2.08. The second kappa shape index (κ2) is 7.09. The number of esters is 1. The van der Waals surface area contributed by atoms with Gasteiger partial charge in [0.25, 0.3) is 5.91 Å². The molecule has 0 radical (unpaired) electrons. The van der Waals surface area contributed by atoms with Gasteiger partial charge in [-0.3, -0.25) is 4.79 Å². The van der Waals surface area contributed by atoms with E-state index in [0.29, 0.717) is 0 Å². The van der Waals surface area contributed by atoms with Crippen LogP contribution in [0.3, 0.4) is 0 Å². The molecule has 0 aliphatic carbocycles. The number of furan rings is 1. The van der Waals surface area contributed by atoms with Crippen molar-refractivity contribution < 1.29 is 18.7 Å². The van der Waals surface area contributed by atoms with Gasteiger partial charge in [0, 0.05) is 0 Å². The zero-order valence-electron chi connectivity index (χ0n) is 11.5. The quantitative estimate of drug-likeness (QED) is 0.677. The Morgan fingerprint density at radius 2 is 1.95 bits per heavy atom. The molecule has 0 aliphatic heterocycles. The predicted octanol–water partition coefficient (Wildman–Crippen LogP) is 2.61. The minimum absolute atomic E-state index is 0.0597. The minimum atomic E-state index is -0.596. The molecule has 5 nitrogen and oxygen atoms in total. The maximum absolute atomic E-state index is 12.0. The van der Waals surface area contributed by atoms with Crippen molar-refractivity contribution in [1.82, 2.24) is 5.32 Å². The van der Waals surface area contributed by atoms with E-state index < -0.39 is 11.9 Å². The van der Waals surface area contributed by atoms with Crippen molar-refractivity contribution in [3.63, 3.8) is 0 Å². The van der Waals surface area contributed by atoms with Crippen LogP contribution in [0, 0.1) is 0 Å². The topological polar surface area (TPSA) is 68.5 Å². The molecule has 21 heavy (non-hydrogen) atoms. The van der Waals surface area contributed by atoms with E-state index in [2.05, 4.69) is 5.32 Å². The molecule has 0 aliphatic rings. The Morgan fingerprint density at radius 1 is 1.19 bits per heavy atom. The normalized spacial score (nSPS) is 11.0. The molecule has 0 spiro atoms. The Balaban J connectivity index is 2.22. The van der Waals surface area contributed by atoms with E-state index in [9.17, 15) is 9.59 Å². The van der Waals surface area contributed by atoms with Gasteiger partial charge >= 0.3 is 5.97 Å². The largest absolute Gasteiger partial charge is 0.461 e. The SMILES string of the molecule is CCOC(=O)C(=Cc1ccccc1)NC(=O)c1ccco1. The Bertz CT molecular complexity index is 630. The van der Waals surface area contributed by atoms with Crippen molar-refractivity contribution in [2.45, 2.75) is 6.92 Å². The fraction of sp³-hybridized carbons (Fsp3) is 0.125. The summed E-state index contributed by atoms with van der Waals surface area (Å²) in [5.74, 6) is -0.977. The molecule has 108 valence electrons. The number of carbonyl (C=O) groups excluding carboxylic acids is 2. The van der Waals surface area contributed by atoms with Crippen LogP contribution in [0.5, 0.6) is 0 Å². The number of carbonyl (C=O) groups is 2. The molecule has 0 fully saturated rings. The van der Waals surface area contributed by atoms with Gasteiger partial charge in [-0.2, -0.15) is 0 Å². The van der Waals surface area contributed by atoms with Crippen LogP contribution in [0.25, 0.3) is 6.08 Å². The average Bonchev–Trinajstić information content (AvgIpc) is 3.02. The molecule has 1 aromatic heterocycles. The lowest BCUT2D eigenvalue weighted by molar-refractivity contribution is -0.138. The second-order valence-corrected chi connectivity index (χ2v) is 4.12. The molecule has 2 rings (SSSR count). The van der Waals surface area contributed by atoms with E-state index in [1.807, 2.05) is 30.3 Å². The first-order valence-corrected chi connectivity index (χ1v) is 6.49. The summed E-state index contributed by atoms with van der Waals surface area (Å²) >= 11 is 0. The first kappa shape index (κ1) is 14.6. The average molecular weight is 285 g/mol. The molecule has 5 heteroatoms. The highest BCUT2D eigenvalue weighted by molar-refractivity contribution is 6.02. The van der Waals surface area contributed by atoms with Gasteiger partial charge < -0.3 is 14.5 Å². The van der Waals surface area contributed by atoms with Gasteiger partial charge in [0.15, 0.2) is 5.76 Å². The molecule has 0 bridgehead atoms. The Labute approximate surface area is 122 Å². The van der Waals surface area contributed by atoms with Crippen molar-refractivity contribution >= 4 is 18.0 Å². The summed E-state index contributed by atoms with van der Waals surface area (Å²) < 4.78 is 9.94. The van der Waals surface area contributed by atoms with Gasteiger partial charge in [-0.1, -0.05) is 30.3 Å². The van der Waals surface area contributed by atoms with E-state index in [1.54, 1.807) is 19.1 Å². The number of nitrogens with one attached hydrogen (secondary N) is 1.